The van der Waals surface area contributed by atoms with E-state index >= 15 is 0 Å². The fourth-order valence-corrected chi connectivity index (χ4v) is 6.67. The Kier molecular flexibility index (Phi) is 5.32. The van der Waals surface area contributed by atoms with Crippen molar-refractivity contribution in [3.8, 4) is 45.1 Å². The number of ether oxygens (including phenoxy) is 1. The Labute approximate surface area is 249 Å². The molecule has 0 saturated heterocycles. The molecule has 7 aromatic rings. The van der Waals surface area contributed by atoms with E-state index in [1.165, 1.54) is 38.6 Å². The van der Waals surface area contributed by atoms with Gasteiger partial charge in [0, 0.05) is 21.9 Å². The Morgan fingerprint density at radius 2 is 1.28 bits per heavy atom. The molecule has 1 aliphatic carbocycles. The lowest BCUT2D eigenvalue weighted by Gasteiger charge is -2.15. The molecule has 3 heterocycles. The van der Waals surface area contributed by atoms with Crippen molar-refractivity contribution in [3.63, 3.8) is 0 Å². The molecule has 2 aromatic heterocycles. The third kappa shape index (κ3) is 3.82. The molecule has 9 rings (SSSR count). The second-order valence-corrected chi connectivity index (χ2v) is 11.3. The molecule has 0 bridgehead atoms. The maximum atomic E-state index is 6.81. The first-order valence-corrected chi connectivity index (χ1v) is 14.8. The van der Waals surface area contributed by atoms with Gasteiger partial charge in [0.25, 0.3) is 0 Å². The van der Waals surface area contributed by atoms with E-state index in [1.807, 2.05) is 0 Å². The first-order chi connectivity index (χ1) is 21.3. The van der Waals surface area contributed by atoms with Crippen molar-refractivity contribution in [2.75, 3.05) is 0 Å². The average Bonchev–Trinajstić information content (AvgIpc) is 3.60. The van der Waals surface area contributed by atoms with Gasteiger partial charge in [-0.2, -0.15) is 0 Å². The van der Waals surface area contributed by atoms with E-state index in [9.17, 15) is 0 Å². The van der Waals surface area contributed by atoms with Gasteiger partial charge in [-0.05, 0) is 71.0 Å². The van der Waals surface area contributed by atoms with Crippen LogP contribution in [0, 0.1) is 0 Å². The number of fused-ring (bicyclic) bond motifs is 7. The molecule has 204 valence electrons. The van der Waals surface area contributed by atoms with Crippen LogP contribution in [-0.2, 0) is 0 Å². The minimum absolute atomic E-state index is 0.796. The van der Waals surface area contributed by atoms with E-state index in [0.29, 0.717) is 0 Å². The van der Waals surface area contributed by atoms with Crippen LogP contribution in [0.25, 0.3) is 66.5 Å². The third-order valence-corrected chi connectivity index (χ3v) is 8.74. The molecule has 43 heavy (non-hydrogen) atoms. The van der Waals surface area contributed by atoms with Crippen LogP contribution in [0.3, 0.4) is 0 Å². The molecule has 3 nitrogen and oxygen atoms in total. The molecule has 0 fully saturated rings. The molecule has 2 aliphatic rings. The number of hydrogen-bond donors (Lipinski definition) is 1. The maximum Gasteiger partial charge on any atom is 0.181 e. The lowest BCUT2D eigenvalue weighted by Crippen LogP contribution is -1.93. The van der Waals surface area contributed by atoms with Crippen molar-refractivity contribution in [2.45, 2.75) is 12.8 Å². The predicted octanol–water partition coefficient (Wildman–Crippen LogP) is 11.3. The molecular weight excluding hydrogens is 526 g/mol. The van der Waals surface area contributed by atoms with Gasteiger partial charge in [0.15, 0.2) is 11.5 Å². The van der Waals surface area contributed by atoms with Crippen LogP contribution < -0.4 is 4.74 Å². The summed E-state index contributed by atoms with van der Waals surface area (Å²) in [6.45, 7) is 0. The van der Waals surface area contributed by atoms with Gasteiger partial charge in [0.05, 0.1) is 16.8 Å². The highest BCUT2D eigenvalue weighted by atomic mass is 16.5. The zero-order chi connectivity index (χ0) is 28.3. The molecule has 0 saturated carbocycles. The number of nitrogens with one attached hydrogen (secondary N) is 1. The molecule has 0 unspecified atom stereocenters. The van der Waals surface area contributed by atoms with Crippen LogP contribution in [0.4, 0.5) is 0 Å². The zero-order valence-corrected chi connectivity index (χ0v) is 23.4. The number of aromatic amines is 1. The molecule has 3 heteroatoms. The minimum Gasteiger partial charge on any atom is -0.452 e. The van der Waals surface area contributed by atoms with Gasteiger partial charge >= 0.3 is 0 Å². The van der Waals surface area contributed by atoms with Crippen molar-refractivity contribution in [2.24, 2.45) is 0 Å². The van der Waals surface area contributed by atoms with Gasteiger partial charge in [-0.15, -0.1) is 0 Å². The van der Waals surface area contributed by atoms with Crippen molar-refractivity contribution >= 4 is 32.9 Å². The van der Waals surface area contributed by atoms with Gasteiger partial charge < -0.3 is 14.1 Å². The highest BCUT2D eigenvalue weighted by Crippen LogP contribution is 2.51. The number of rotatable bonds is 3. The summed E-state index contributed by atoms with van der Waals surface area (Å²) in [5, 5.41) is 3.38. The van der Waals surface area contributed by atoms with E-state index in [1.54, 1.807) is 0 Å². The number of hydrogen-bond acceptors (Lipinski definition) is 2. The van der Waals surface area contributed by atoms with Crippen molar-refractivity contribution in [3.05, 3.63) is 145 Å². The van der Waals surface area contributed by atoms with Gasteiger partial charge in [0.2, 0.25) is 0 Å². The fraction of sp³-hybridized carbons (Fsp3) is 0.0500. The number of H-pyrrole nitrogens is 1. The molecule has 0 radical (unpaired) electrons. The summed E-state index contributed by atoms with van der Waals surface area (Å²) >= 11 is 0. The monoisotopic (exact) mass is 553 g/mol. The summed E-state index contributed by atoms with van der Waals surface area (Å²) in [5.41, 5.74) is 11.2. The summed E-state index contributed by atoms with van der Waals surface area (Å²) < 4.78 is 13.4. The van der Waals surface area contributed by atoms with Crippen LogP contribution >= 0.6 is 0 Å². The Balaban J connectivity index is 1.23. The van der Waals surface area contributed by atoms with Crippen LogP contribution in [0.15, 0.2) is 138 Å². The smallest absolute Gasteiger partial charge is 0.181 e. The second kappa shape index (κ2) is 9.50. The number of benzene rings is 5. The Morgan fingerprint density at radius 3 is 2.07 bits per heavy atom. The van der Waals surface area contributed by atoms with E-state index in [0.717, 1.165) is 63.6 Å². The zero-order valence-electron chi connectivity index (χ0n) is 23.4. The summed E-state index contributed by atoms with van der Waals surface area (Å²) in [5.74, 6) is 2.48. The predicted molar refractivity (Wildman–Crippen MR) is 176 cm³/mol. The lowest BCUT2D eigenvalue weighted by atomic mass is 9.89. The summed E-state index contributed by atoms with van der Waals surface area (Å²) in [7, 11) is 0. The molecule has 0 amide bonds. The average molecular weight is 554 g/mol. The first kappa shape index (κ1) is 24.1. The molecular formula is C40H27NO2. The quantitative estimate of drug-likeness (QED) is 0.236. The Bertz CT molecular complexity index is 2250. The Hall–Kier alpha value is -5.54. The molecule has 0 spiro atoms. The second-order valence-electron chi connectivity index (χ2n) is 11.3. The van der Waals surface area contributed by atoms with E-state index in [2.05, 4.69) is 138 Å². The third-order valence-electron chi connectivity index (χ3n) is 8.74. The molecule has 1 aliphatic heterocycles. The van der Waals surface area contributed by atoms with Crippen molar-refractivity contribution < 1.29 is 9.15 Å². The van der Waals surface area contributed by atoms with Crippen LogP contribution in [-0.4, -0.2) is 4.98 Å². The number of furan rings is 1. The largest absolute Gasteiger partial charge is 0.452 e. The van der Waals surface area contributed by atoms with Gasteiger partial charge in [0.1, 0.15) is 11.3 Å². The topological polar surface area (TPSA) is 38.2 Å². The van der Waals surface area contributed by atoms with E-state index < -0.39 is 0 Å². The van der Waals surface area contributed by atoms with Crippen LogP contribution in [0.1, 0.15) is 24.2 Å². The fourth-order valence-electron chi connectivity index (χ4n) is 6.67. The minimum atomic E-state index is 0.796. The summed E-state index contributed by atoms with van der Waals surface area (Å²) in [6, 6.07) is 42.6. The first-order valence-electron chi connectivity index (χ1n) is 14.8. The van der Waals surface area contributed by atoms with Crippen LogP contribution in [0.5, 0.6) is 11.5 Å². The van der Waals surface area contributed by atoms with Crippen molar-refractivity contribution in [1.29, 1.82) is 0 Å². The normalized spacial score (nSPS) is 13.9. The standard InChI is InChI=1S/C40H27NO2/c1-3-11-25(12-4-1)27-19-21-35-33(23-27)29-15-7-10-18-32(29)39-40(42-35)34-24-28(20-22-36(34)43-39)38-31-17-9-8-16-30(31)37(41-38)26-13-5-2-6-14-26/h1-9,11-17,19-24,41H,10,18H2. The summed E-state index contributed by atoms with van der Waals surface area (Å²) in [4.78, 5) is 3.76. The highest BCUT2D eigenvalue weighted by molar-refractivity contribution is 6.07. The maximum absolute atomic E-state index is 6.81. The van der Waals surface area contributed by atoms with Gasteiger partial charge in [-0.3, -0.25) is 0 Å². The SMILES string of the molecule is C1=CC2=C(CC1)c1oc3ccc(-c4[nH]c(-c5ccccc5)c5ccccc45)cc3c1Oc1ccc(-c3ccccc3)cc12. The number of allylic oxidation sites excluding steroid dienone is 4. The van der Waals surface area contributed by atoms with Gasteiger partial charge in [-0.1, -0.05) is 103 Å². The van der Waals surface area contributed by atoms with E-state index in [-0.39, 0.29) is 0 Å². The lowest BCUT2D eigenvalue weighted by molar-refractivity contribution is 0.468. The van der Waals surface area contributed by atoms with E-state index in [4.69, 9.17) is 9.15 Å². The van der Waals surface area contributed by atoms with Crippen molar-refractivity contribution in [1.82, 2.24) is 4.98 Å². The Morgan fingerprint density at radius 1 is 0.581 bits per heavy atom. The molecule has 1 N–H and O–H groups in total. The molecule has 5 aromatic carbocycles. The van der Waals surface area contributed by atoms with Crippen LogP contribution in [0.2, 0.25) is 0 Å². The van der Waals surface area contributed by atoms with Gasteiger partial charge in [-0.25, -0.2) is 0 Å². The molecule has 0 atom stereocenters. The summed E-state index contributed by atoms with van der Waals surface area (Å²) in [6.07, 6.45) is 6.38. The number of aromatic nitrogens is 1. The highest BCUT2D eigenvalue weighted by Gasteiger charge is 2.29.